The van der Waals surface area contributed by atoms with E-state index in [0.717, 1.165) is 0 Å². The third-order valence-corrected chi connectivity index (χ3v) is 3.54. The minimum Gasteiger partial charge on any atom is -0.342 e. The average molecular weight is 218 g/mol. The largest absolute Gasteiger partial charge is 0.342 e. The van der Waals surface area contributed by atoms with Gasteiger partial charge in [-0.05, 0) is 12.3 Å². The maximum absolute atomic E-state index is 13.4. The van der Waals surface area contributed by atoms with Crippen LogP contribution in [0.1, 0.15) is 19.3 Å². The Morgan fingerprint density at radius 3 is 2.80 bits per heavy atom. The highest BCUT2D eigenvalue weighted by molar-refractivity contribution is 5.76. The first-order valence-electron chi connectivity index (χ1n) is 5.40. The van der Waals surface area contributed by atoms with E-state index in [0.29, 0.717) is 19.5 Å². The molecule has 0 aromatic carbocycles. The van der Waals surface area contributed by atoms with Gasteiger partial charge in [-0.25, -0.2) is 8.78 Å². The smallest absolute Gasteiger partial charge is 0.252 e. The normalized spacial score (nSPS) is 33.1. The second-order valence-corrected chi connectivity index (χ2v) is 4.50. The number of nitrogens with zero attached hydrogens (tertiary/aromatic N) is 1. The third-order valence-electron chi connectivity index (χ3n) is 3.54. The molecule has 0 radical (unpaired) electrons. The van der Waals surface area contributed by atoms with Crippen LogP contribution in [0.2, 0.25) is 0 Å². The summed E-state index contributed by atoms with van der Waals surface area (Å²) in [6, 6.07) is 0. The molecule has 5 heteroatoms. The number of alkyl halides is 2. The van der Waals surface area contributed by atoms with Gasteiger partial charge in [-0.1, -0.05) is 0 Å². The molecule has 0 bridgehead atoms. The number of carbonyl (C=O) groups excluding carboxylic acids is 1. The summed E-state index contributed by atoms with van der Waals surface area (Å²) in [5.74, 6) is -3.26. The van der Waals surface area contributed by atoms with Crippen LogP contribution in [0.15, 0.2) is 0 Å². The number of halogens is 2. The zero-order chi connectivity index (χ0) is 11.1. The standard InChI is InChI=1S/C10H16F2N2O/c11-10(12)3-1-7-5-14(6-8(7)10)9(15)2-4-13/h7-8H,1-6,13H2/t7-,8+/m0/s1. The van der Waals surface area contributed by atoms with Crippen molar-refractivity contribution in [3.63, 3.8) is 0 Å². The van der Waals surface area contributed by atoms with E-state index in [-0.39, 0.29) is 31.2 Å². The van der Waals surface area contributed by atoms with Gasteiger partial charge in [0, 0.05) is 38.4 Å². The second-order valence-electron chi connectivity index (χ2n) is 4.50. The number of nitrogens with two attached hydrogens (primary N) is 1. The van der Waals surface area contributed by atoms with Crippen molar-refractivity contribution in [2.24, 2.45) is 17.6 Å². The Hall–Kier alpha value is -0.710. The Kier molecular flexibility index (Phi) is 2.66. The molecule has 1 saturated carbocycles. The van der Waals surface area contributed by atoms with Crippen LogP contribution in [0.3, 0.4) is 0 Å². The van der Waals surface area contributed by atoms with E-state index < -0.39 is 11.8 Å². The van der Waals surface area contributed by atoms with Crippen LogP contribution in [-0.4, -0.2) is 36.4 Å². The van der Waals surface area contributed by atoms with E-state index in [1.54, 1.807) is 4.90 Å². The van der Waals surface area contributed by atoms with Crippen molar-refractivity contribution in [1.29, 1.82) is 0 Å². The lowest BCUT2D eigenvalue weighted by Gasteiger charge is -2.20. The zero-order valence-corrected chi connectivity index (χ0v) is 8.59. The van der Waals surface area contributed by atoms with Crippen LogP contribution < -0.4 is 5.73 Å². The first-order chi connectivity index (χ1) is 7.04. The molecule has 0 spiro atoms. The lowest BCUT2D eigenvalue weighted by molar-refractivity contribution is -0.130. The first kappa shape index (κ1) is 10.8. The summed E-state index contributed by atoms with van der Waals surface area (Å²) >= 11 is 0. The lowest BCUT2D eigenvalue weighted by Crippen LogP contribution is -2.33. The second kappa shape index (κ2) is 3.70. The quantitative estimate of drug-likeness (QED) is 0.746. The Morgan fingerprint density at radius 2 is 2.20 bits per heavy atom. The zero-order valence-electron chi connectivity index (χ0n) is 8.59. The van der Waals surface area contributed by atoms with Gasteiger partial charge in [0.05, 0.1) is 0 Å². The molecule has 3 nitrogen and oxygen atoms in total. The molecule has 0 unspecified atom stereocenters. The Balaban J connectivity index is 1.98. The first-order valence-corrected chi connectivity index (χ1v) is 5.40. The number of likely N-dealkylation sites (tertiary alicyclic amines) is 1. The van der Waals surface area contributed by atoms with Gasteiger partial charge in [-0.2, -0.15) is 0 Å². The highest BCUT2D eigenvalue weighted by atomic mass is 19.3. The minimum atomic E-state index is -2.57. The Bertz CT molecular complexity index is 270. The van der Waals surface area contributed by atoms with E-state index in [2.05, 4.69) is 0 Å². The molecule has 2 aliphatic rings. The molecule has 1 amide bonds. The Labute approximate surface area is 87.6 Å². The molecule has 86 valence electrons. The van der Waals surface area contributed by atoms with Crippen LogP contribution in [0.25, 0.3) is 0 Å². The van der Waals surface area contributed by atoms with Crippen molar-refractivity contribution in [1.82, 2.24) is 4.90 Å². The monoisotopic (exact) mass is 218 g/mol. The summed E-state index contributed by atoms with van der Waals surface area (Å²) in [6.07, 6.45) is 0.802. The van der Waals surface area contributed by atoms with Crippen LogP contribution in [-0.2, 0) is 4.79 Å². The molecule has 15 heavy (non-hydrogen) atoms. The van der Waals surface area contributed by atoms with Crippen molar-refractivity contribution in [2.75, 3.05) is 19.6 Å². The molecule has 2 atom stereocenters. The maximum Gasteiger partial charge on any atom is 0.252 e. The molecule has 0 aromatic rings. The molecule has 1 heterocycles. The molecule has 1 aliphatic heterocycles. The summed E-state index contributed by atoms with van der Waals surface area (Å²) in [7, 11) is 0. The molecule has 2 rings (SSSR count). The SMILES string of the molecule is NCCC(=O)N1C[C@@H]2CCC(F)(F)[C@@H]2C1. The number of amides is 1. The van der Waals surface area contributed by atoms with E-state index in [9.17, 15) is 13.6 Å². The molecule has 2 fully saturated rings. The highest BCUT2D eigenvalue weighted by Gasteiger charge is 2.54. The fraction of sp³-hybridized carbons (Fsp3) is 0.900. The summed E-state index contributed by atoms with van der Waals surface area (Å²) < 4.78 is 26.7. The van der Waals surface area contributed by atoms with E-state index in [4.69, 9.17) is 5.73 Å². The number of rotatable bonds is 2. The Morgan fingerprint density at radius 1 is 1.47 bits per heavy atom. The summed E-state index contributed by atoms with van der Waals surface area (Å²) in [5, 5.41) is 0. The van der Waals surface area contributed by atoms with Crippen molar-refractivity contribution in [3.8, 4) is 0 Å². The fourth-order valence-electron chi connectivity index (χ4n) is 2.69. The fourth-order valence-corrected chi connectivity index (χ4v) is 2.69. The molecular formula is C10H16F2N2O. The molecular weight excluding hydrogens is 202 g/mol. The maximum atomic E-state index is 13.4. The van der Waals surface area contributed by atoms with E-state index >= 15 is 0 Å². The lowest BCUT2D eigenvalue weighted by atomic mass is 9.99. The average Bonchev–Trinajstić information content (AvgIpc) is 2.68. The summed E-state index contributed by atoms with van der Waals surface area (Å²) in [5.41, 5.74) is 5.27. The van der Waals surface area contributed by atoms with Crippen molar-refractivity contribution < 1.29 is 13.6 Å². The number of hydrogen-bond donors (Lipinski definition) is 1. The molecule has 0 aromatic heterocycles. The van der Waals surface area contributed by atoms with Gasteiger partial charge in [0.15, 0.2) is 0 Å². The molecule has 2 N–H and O–H groups in total. The number of carbonyl (C=O) groups is 1. The van der Waals surface area contributed by atoms with Gasteiger partial charge in [0.25, 0.3) is 5.92 Å². The van der Waals surface area contributed by atoms with Crippen molar-refractivity contribution in [3.05, 3.63) is 0 Å². The van der Waals surface area contributed by atoms with Crippen molar-refractivity contribution >= 4 is 5.91 Å². The van der Waals surface area contributed by atoms with Crippen LogP contribution in [0.4, 0.5) is 8.78 Å². The molecule has 1 aliphatic carbocycles. The van der Waals surface area contributed by atoms with Gasteiger partial charge in [0.1, 0.15) is 0 Å². The number of fused-ring (bicyclic) bond motifs is 1. The third kappa shape index (κ3) is 1.85. The van der Waals surface area contributed by atoms with E-state index in [1.807, 2.05) is 0 Å². The van der Waals surface area contributed by atoms with Gasteiger partial charge >= 0.3 is 0 Å². The topological polar surface area (TPSA) is 46.3 Å². The van der Waals surface area contributed by atoms with Gasteiger partial charge in [-0.15, -0.1) is 0 Å². The van der Waals surface area contributed by atoms with Gasteiger partial charge < -0.3 is 10.6 Å². The molecule has 1 saturated heterocycles. The summed E-state index contributed by atoms with van der Waals surface area (Å²) in [4.78, 5) is 13.0. The predicted octanol–water partition coefficient (Wildman–Crippen LogP) is 0.839. The van der Waals surface area contributed by atoms with Crippen LogP contribution in [0, 0.1) is 11.8 Å². The predicted molar refractivity (Wildman–Crippen MR) is 51.4 cm³/mol. The highest BCUT2D eigenvalue weighted by Crippen LogP contribution is 2.48. The van der Waals surface area contributed by atoms with Crippen LogP contribution in [0.5, 0.6) is 0 Å². The van der Waals surface area contributed by atoms with Gasteiger partial charge in [-0.3, -0.25) is 4.79 Å². The van der Waals surface area contributed by atoms with E-state index in [1.165, 1.54) is 0 Å². The number of hydrogen-bond acceptors (Lipinski definition) is 2. The summed E-state index contributed by atoms with van der Waals surface area (Å²) in [6.45, 7) is 1.01. The van der Waals surface area contributed by atoms with Crippen molar-refractivity contribution in [2.45, 2.75) is 25.2 Å². The van der Waals surface area contributed by atoms with Crippen LogP contribution >= 0.6 is 0 Å². The minimum absolute atomic E-state index is 0.00160. The van der Waals surface area contributed by atoms with Gasteiger partial charge in [0.2, 0.25) is 5.91 Å².